The minimum Gasteiger partial charge on any atom is -0.382 e. The SMILES string of the molecule is CCOCCCNC(=O)Cc1csc(-c2ccc(CN3CCOCC3)cc2)n1. The van der Waals surface area contributed by atoms with Gasteiger partial charge in [-0.1, -0.05) is 24.3 Å². The number of hydrogen-bond donors (Lipinski definition) is 1. The average molecular weight is 404 g/mol. The van der Waals surface area contributed by atoms with Crippen molar-refractivity contribution < 1.29 is 14.3 Å². The highest BCUT2D eigenvalue weighted by Crippen LogP contribution is 2.24. The van der Waals surface area contributed by atoms with E-state index >= 15 is 0 Å². The van der Waals surface area contributed by atoms with Gasteiger partial charge >= 0.3 is 0 Å². The molecule has 2 aromatic rings. The first-order valence-corrected chi connectivity index (χ1v) is 10.8. The van der Waals surface area contributed by atoms with Crippen molar-refractivity contribution in [2.45, 2.75) is 26.3 Å². The van der Waals surface area contributed by atoms with E-state index < -0.39 is 0 Å². The molecule has 0 aliphatic carbocycles. The van der Waals surface area contributed by atoms with E-state index in [1.807, 2.05) is 12.3 Å². The number of benzene rings is 1. The molecule has 1 aliphatic heterocycles. The maximum absolute atomic E-state index is 12.0. The lowest BCUT2D eigenvalue weighted by atomic mass is 10.1. The van der Waals surface area contributed by atoms with Crippen LogP contribution in [0.15, 0.2) is 29.6 Å². The van der Waals surface area contributed by atoms with E-state index in [-0.39, 0.29) is 5.91 Å². The van der Waals surface area contributed by atoms with E-state index in [2.05, 4.69) is 39.5 Å². The van der Waals surface area contributed by atoms with Crippen molar-refractivity contribution in [1.82, 2.24) is 15.2 Å². The zero-order chi connectivity index (χ0) is 19.6. The Labute approximate surface area is 170 Å². The molecule has 0 atom stereocenters. The van der Waals surface area contributed by atoms with Gasteiger partial charge in [-0.2, -0.15) is 0 Å². The van der Waals surface area contributed by atoms with Crippen LogP contribution in [0.2, 0.25) is 0 Å². The maximum atomic E-state index is 12.0. The molecule has 1 aromatic heterocycles. The Balaban J connectivity index is 1.47. The lowest BCUT2D eigenvalue weighted by molar-refractivity contribution is -0.120. The van der Waals surface area contributed by atoms with Crippen LogP contribution in [0.4, 0.5) is 0 Å². The quantitative estimate of drug-likeness (QED) is 0.618. The molecule has 1 amide bonds. The monoisotopic (exact) mass is 403 g/mol. The van der Waals surface area contributed by atoms with Gasteiger partial charge in [0, 0.05) is 50.3 Å². The van der Waals surface area contributed by atoms with E-state index in [0.717, 1.165) is 55.5 Å². The fourth-order valence-corrected chi connectivity index (χ4v) is 3.89. The topological polar surface area (TPSA) is 63.7 Å². The number of nitrogens with zero attached hydrogens (tertiary/aromatic N) is 2. The summed E-state index contributed by atoms with van der Waals surface area (Å²) in [4.78, 5) is 19.1. The van der Waals surface area contributed by atoms with Gasteiger partial charge in [-0.3, -0.25) is 9.69 Å². The minimum atomic E-state index is 0.00853. The molecule has 1 aliphatic rings. The third kappa shape index (κ3) is 6.67. The second kappa shape index (κ2) is 11.3. The van der Waals surface area contributed by atoms with Crippen molar-refractivity contribution in [2.24, 2.45) is 0 Å². The molecule has 1 N–H and O–H groups in total. The standard InChI is InChI=1S/C21H29N3O3S/c1-2-26-11-3-8-22-20(25)14-19-16-28-21(23-19)18-6-4-17(5-7-18)15-24-9-12-27-13-10-24/h4-7,16H,2-3,8-15H2,1H3,(H,22,25). The van der Waals surface area contributed by atoms with Crippen LogP contribution in [0.1, 0.15) is 24.6 Å². The molecule has 152 valence electrons. The van der Waals surface area contributed by atoms with Gasteiger partial charge in [-0.15, -0.1) is 11.3 Å². The molecule has 3 rings (SSSR count). The zero-order valence-electron chi connectivity index (χ0n) is 16.5. The number of morpholine rings is 1. The Morgan fingerprint density at radius 1 is 1.29 bits per heavy atom. The Hall–Kier alpha value is -1.80. The highest BCUT2D eigenvalue weighted by molar-refractivity contribution is 7.13. The lowest BCUT2D eigenvalue weighted by Gasteiger charge is -2.26. The van der Waals surface area contributed by atoms with Crippen LogP contribution in [0.5, 0.6) is 0 Å². The first-order valence-electron chi connectivity index (χ1n) is 9.93. The zero-order valence-corrected chi connectivity index (χ0v) is 17.3. The second-order valence-electron chi connectivity index (χ2n) is 6.81. The van der Waals surface area contributed by atoms with Crippen LogP contribution >= 0.6 is 11.3 Å². The predicted molar refractivity (Wildman–Crippen MR) is 111 cm³/mol. The smallest absolute Gasteiger partial charge is 0.226 e. The number of amides is 1. The Morgan fingerprint density at radius 2 is 2.07 bits per heavy atom. The van der Waals surface area contributed by atoms with E-state index in [1.54, 1.807) is 11.3 Å². The number of hydrogen-bond acceptors (Lipinski definition) is 6. The summed E-state index contributed by atoms with van der Waals surface area (Å²) in [5, 5.41) is 5.84. The van der Waals surface area contributed by atoms with E-state index in [1.165, 1.54) is 5.56 Å². The summed E-state index contributed by atoms with van der Waals surface area (Å²) in [5.41, 5.74) is 3.22. The molecular weight excluding hydrogens is 374 g/mol. The number of carbonyl (C=O) groups excluding carboxylic acids is 1. The van der Waals surface area contributed by atoms with Crippen molar-refractivity contribution in [3.63, 3.8) is 0 Å². The molecule has 7 heteroatoms. The molecule has 1 aromatic carbocycles. The number of aromatic nitrogens is 1. The lowest BCUT2D eigenvalue weighted by Crippen LogP contribution is -2.35. The number of ether oxygens (including phenoxy) is 2. The number of rotatable bonds is 10. The minimum absolute atomic E-state index is 0.00853. The summed E-state index contributed by atoms with van der Waals surface area (Å²) in [7, 11) is 0. The molecule has 28 heavy (non-hydrogen) atoms. The molecule has 0 bridgehead atoms. The Bertz CT molecular complexity index is 727. The summed E-state index contributed by atoms with van der Waals surface area (Å²) in [6.45, 7) is 8.58. The molecule has 1 fully saturated rings. The third-order valence-electron chi connectivity index (χ3n) is 4.60. The fraction of sp³-hybridized carbons (Fsp3) is 0.524. The highest BCUT2D eigenvalue weighted by Gasteiger charge is 2.12. The van der Waals surface area contributed by atoms with Crippen molar-refractivity contribution in [2.75, 3.05) is 46.1 Å². The van der Waals surface area contributed by atoms with Crippen LogP contribution in [-0.4, -0.2) is 61.9 Å². The van der Waals surface area contributed by atoms with Gasteiger partial charge in [-0.05, 0) is 18.9 Å². The van der Waals surface area contributed by atoms with Crippen molar-refractivity contribution in [3.05, 3.63) is 40.9 Å². The van der Waals surface area contributed by atoms with Crippen molar-refractivity contribution in [3.8, 4) is 10.6 Å². The first kappa shape index (κ1) is 20.9. The van der Waals surface area contributed by atoms with E-state index in [9.17, 15) is 4.79 Å². The van der Waals surface area contributed by atoms with Crippen LogP contribution in [0, 0.1) is 0 Å². The van der Waals surface area contributed by atoms with Gasteiger partial charge in [0.05, 0.1) is 25.3 Å². The van der Waals surface area contributed by atoms with Crippen molar-refractivity contribution in [1.29, 1.82) is 0 Å². The number of thiazole rings is 1. The van der Waals surface area contributed by atoms with Crippen LogP contribution in [-0.2, 0) is 27.2 Å². The molecule has 0 saturated carbocycles. The Kier molecular flexibility index (Phi) is 8.42. The van der Waals surface area contributed by atoms with Crippen LogP contribution < -0.4 is 5.32 Å². The second-order valence-corrected chi connectivity index (χ2v) is 7.66. The van der Waals surface area contributed by atoms with Gasteiger partial charge in [0.2, 0.25) is 5.91 Å². The highest BCUT2D eigenvalue weighted by atomic mass is 32.1. The van der Waals surface area contributed by atoms with Gasteiger partial charge < -0.3 is 14.8 Å². The van der Waals surface area contributed by atoms with E-state index in [4.69, 9.17) is 9.47 Å². The van der Waals surface area contributed by atoms with Gasteiger partial charge in [0.15, 0.2) is 0 Å². The number of carbonyl (C=O) groups is 1. The predicted octanol–water partition coefficient (Wildman–Crippen LogP) is 2.73. The summed E-state index contributed by atoms with van der Waals surface area (Å²) in [6, 6.07) is 8.56. The molecule has 0 unspecified atom stereocenters. The first-order chi connectivity index (χ1) is 13.7. The molecule has 6 nitrogen and oxygen atoms in total. The summed E-state index contributed by atoms with van der Waals surface area (Å²) < 4.78 is 10.7. The van der Waals surface area contributed by atoms with Gasteiger partial charge in [-0.25, -0.2) is 4.98 Å². The van der Waals surface area contributed by atoms with Gasteiger partial charge in [0.1, 0.15) is 5.01 Å². The Morgan fingerprint density at radius 3 is 2.82 bits per heavy atom. The summed E-state index contributed by atoms with van der Waals surface area (Å²) in [6.07, 6.45) is 1.15. The molecule has 0 spiro atoms. The fourth-order valence-electron chi connectivity index (χ4n) is 3.06. The number of nitrogens with one attached hydrogen (secondary N) is 1. The molecule has 2 heterocycles. The summed E-state index contributed by atoms with van der Waals surface area (Å²) >= 11 is 1.58. The third-order valence-corrected chi connectivity index (χ3v) is 5.54. The molecule has 1 saturated heterocycles. The van der Waals surface area contributed by atoms with Crippen LogP contribution in [0.3, 0.4) is 0 Å². The largest absolute Gasteiger partial charge is 0.382 e. The molecule has 0 radical (unpaired) electrons. The summed E-state index contributed by atoms with van der Waals surface area (Å²) in [5.74, 6) is 0.00853. The van der Waals surface area contributed by atoms with Crippen LogP contribution in [0.25, 0.3) is 10.6 Å². The van der Waals surface area contributed by atoms with E-state index in [0.29, 0.717) is 26.2 Å². The van der Waals surface area contributed by atoms with Crippen molar-refractivity contribution >= 4 is 17.2 Å². The molecular formula is C21H29N3O3S. The average Bonchev–Trinajstić information content (AvgIpc) is 3.17. The van der Waals surface area contributed by atoms with Gasteiger partial charge in [0.25, 0.3) is 0 Å². The maximum Gasteiger partial charge on any atom is 0.226 e. The normalized spacial score (nSPS) is 14.9.